The standard InChI is InChI=1S/C17H23NO3S/c1-4-5-8-21-17(20)15-14(19)10-22-16(15)18-13-7-6-11(2)12(3)9-13/h6-7,9,17-18,20H,4-5,8,10H2,1-3H3. The van der Waals surface area contributed by atoms with E-state index in [0.29, 0.717) is 23.0 Å². The molecule has 0 radical (unpaired) electrons. The van der Waals surface area contributed by atoms with Gasteiger partial charge in [-0.3, -0.25) is 4.79 Å². The molecule has 22 heavy (non-hydrogen) atoms. The van der Waals surface area contributed by atoms with Crippen molar-refractivity contribution in [3.05, 3.63) is 39.9 Å². The largest absolute Gasteiger partial charge is 0.364 e. The minimum Gasteiger partial charge on any atom is -0.364 e. The van der Waals surface area contributed by atoms with Gasteiger partial charge in [0.05, 0.1) is 23.0 Å². The zero-order valence-corrected chi connectivity index (χ0v) is 14.1. The van der Waals surface area contributed by atoms with Crippen molar-refractivity contribution in [1.29, 1.82) is 0 Å². The molecule has 0 fully saturated rings. The predicted octanol–water partition coefficient (Wildman–Crippen LogP) is 3.38. The van der Waals surface area contributed by atoms with Crippen LogP contribution in [0.1, 0.15) is 30.9 Å². The molecule has 0 amide bonds. The molecule has 0 saturated carbocycles. The van der Waals surface area contributed by atoms with Gasteiger partial charge < -0.3 is 15.2 Å². The topological polar surface area (TPSA) is 58.6 Å². The van der Waals surface area contributed by atoms with Gasteiger partial charge in [-0.25, -0.2) is 0 Å². The van der Waals surface area contributed by atoms with Crippen molar-refractivity contribution in [1.82, 2.24) is 0 Å². The van der Waals surface area contributed by atoms with Crippen molar-refractivity contribution in [3.63, 3.8) is 0 Å². The Morgan fingerprint density at radius 3 is 2.82 bits per heavy atom. The molecule has 1 aliphatic heterocycles. The van der Waals surface area contributed by atoms with Crippen LogP contribution in [0.5, 0.6) is 0 Å². The van der Waals surface area contributed by atoms with Gasteiger partial charge in [-0.1, -0.05) is 31.2 Å². The molecule has 1 aliphatic rings. The molecule has 1 atom stereocenters. The van der Waals surface area contributed by atoms with E-state index < -0.39 is 6.29 Å². The van der Waals surface area contributed by atoms with Crippen molar-refractivity contribution < 1.29 is 14.6 Å². The second kappa shape index (κ2) is 7.81. The third-order valence-electron chi connectivity index (χ3n) is 3.68. The number of rotatable bonds is 7. The first-order valence-corrected chi connectivity index (χ1v) is 8.55. The summed E-state index contributed by atoms with van der Waals surface area (Å²) in [5.41, 5.74) is 3.66. The number of carbonyl (C=O) groups is 1. The Labute approximate surface area is 135 Å². The number of unbranched alkanes of at least 4 members (excludes halogenated alkanes) is 1. The molecule has 120 valence electrons. The molecule has 2 rings (SSSR count). The highest BCUT2D eigenvalue weighted by Gasteiger charge is 2.30. The normalized spacial score (nSPS) is 16.3. The van der Waals surface area contributed by atoms with Gasteiger partial charge in [0.25, 0.3) is 0 Å². The minimum absolute atomic E-state index is 0.0691. The Morgan fingerprint density at radius 1 is 1.36 bits per heavy atom. The van der Waals surface area contributed by atoms with Gasteiger partial charge in [-0.15, -0.1) is 0 Å². The van der Waals surface area contributed by atoms with E-state index in [1.54, 1.807) is 0 Å². The lowest BCUT2D eigenvalue weighted by atomic mass is 10.1. The molecule has 0 spiro atoms. The monoisotopic (exact) mass is 321 g/mol. The SMILES string of the molecule is CCCCOC(O)C1=C(Nc2ccc(C)c(C)c2)SCC1=O. The highest BCUT2D eigenvalue weighted by atomic mass is 32.2. The first-order valence-electron chi connectivity index (χ1n) is 7.57. The van der Waals surface area contributed by atoms with Crippen LogP contribution in [-0.4, -0.2) is 29.5 Å². The number of anilines is 1. The third kappa shape index (κ3) is 4.12. The van der Waals surface area contributed by atoms with Gasteiger partial charge in [0.2, 0.25) is 0 Å². The molecule has 1 unspecified atom stereocenters. The van der Waals surface area contributed by atoms with Crippen LogP contribution in [0.2, 0.25) is 0 Å². The van der Waals surface area contributed by atoms with Gasteiger partial charge in [-0.05, 0) is 43.5 Å². The van der Waals surface area contributed by atoms with E-state index in [1.807, 2.05) is 25.1 Å². The van der Waals surface area contributed by atoms with Gasteiger partial charge in [0.15, 0.2) is 12.1 Å². The second-order valence-electron chi connectivity index (χ2n) is 5.46. The van der Waals surface area contributed by atoms with Gasteiger partial charge in [0.1, 0.15) is 0 Å². The molecule has 1 aromatic carbocycles. The van der Waals surface area contributed by atoms with E-state index in [9.17, 15) is 9.90 Å². The van der Waals surface area contributed by atoms with Crippen LogP contribution in [0, 0.1) is 13.8 Å². The molecule has 0 bridgehead atoms. The van der Waals surface area contributed by atoms with E-state index in [2.05, 4.69) is 19.2 Å². The Hall–Kier alpha value is -1.30. The fraction of sp³-hybridized carbons (Fsp3) is 0.471. The number of benzene rings is 1. The van der Waals surface area contributed by atoms with E-state index in [-0.39, 0.29) is 5.78 Å². The maximum absolute atomic E-state index is 12.0. The number of aryl methyl sites for hydroxylation is 2. The zero-order valence-electron chi connectivity index (χ0n) is 13.3. The number of ether oxygens (including phenoxy) is 1. The first kappa shape index (κ1) is 17.1. The molecule has 5 heteroatoms. The number of hydrogen-bond donors (Lipinski definition) is 2. The third-order valence-corrected chi connectivity index (χ3v) is 4.70. The highest BCUT2D eigenvalue weighted by molar-refractivity contribution is 8.04. The number of hydrogen-bond acceptors (Lipinski definition) is 5. The lowest BCUT2D eigenvalue weighted by molar-refractivity contribution is -0.120. The average Bonchev–Trinajstić information content (AvgIpc) is 2.84. The van der Waals surface area contributed by atoms with Crippen LogP contribution in [0.15, 0.2) is 28.8 Å². The summed E-state index contributed by atoms with van der Waals surface area (Å²) in [6.07, 6.45) is 0.705. The van der Waals surface area contributed by atoms with Gasteiger partial charge >= 0.3 is 0 Å². The summed E-state index contributed by atoms with van der Waals surface area (Å²) >= 11 is 1.41. The lowest BCUT2D eigenvalue weighted by Crippen LogP contribution is -2.22. The average molecular weight is 321 g/mol. The van der Waals surface area contributed by atoms with Crippen molar-refractivity contribution in [2.75, 3.05) is 17.7 Å². The van der Waals surface area contributed by atoms with E-state index in [1.165, 1.54) is 22.9 Å². The first-order chi connectivity index (χ1) is 10.5. The summed E-state index contributed by atoms with van der Waals surface area (Å²) in [7, 11) is 0. The van der Waals surface area contributed by atoms with Crippen LogP contribution in [0.4, 0.5) is 5.69 Å². The maximum Gasteiger partial charge on any atom is 0.187 e. The Bertz CT molecular complexity index is 583. The molecule has 0 saturated heterocycles. The molecule has 2 N–H and O–H groups in total. The number of Topliss-reactive ketones (excluding diaryl/α,β-unsaturated/α-hetero) is 1. The number of aliphatic hydroxyl groups is 1. The summed E-state index contributed by atoms with van der Waals surface area (Å²) < 4.78 is 5.37. The Kier molecular flexibility index (Phi) is 6.06. The van der Waals surface area contributed by atoms with Crippen molar-refractivity contribution in [2.45, 2.75) is 39.9 Å². The molecule has 1 heterocycles. The number of nitrogens with one attached hydrogen (secondary N) is 1. The van der Waals surface area contributed by atoms with Crippen molar-refractivity contribution in [3.8, 4) is 0 Å². The molecule has 0 aliphatic carbocycles. The van der Waals surface area contributed by atoms with Crippen LogP contribution >= 0.6 is 11.8 Å². The van der Waals surface area contributed by atoms with Crippen LogP contribution in [0.25, 0.3) is 0 Å². The van der Waals surface area contributed by atoms with Gasteiger partial charge in [-0.2, -0.15) is 0 Å². The number of aliphatic hydroxyl groups excluding tert-OH is 1. The Balaban J connectivity index is 2.14. The van der Waals surface area contributed by atoms with Gasteiger partial charge in [0, 0.05) is 5.69 Å². The predicted molar refractivity (Wildman–Crippen MR) is 90.9 cm³/mol. The summed E-state index contributed by atoms with van der Waals surface area (Å²) in [6.45, 7) is 6.61. The number of carbonyl (C=O) groups excluding carboxylic acids is 1. The van der Waals surface area contributed by atoms with Crippen LogP contribution in [-0.2, 0) is 9.53 Å². The van der Waals surface area contributed by atoms with E-state index in [0.717, 1.165) is 18.5 Å². The fourth-order valence-electron chi connectivity index (χ4n) is 2.15. The van der Waals surface area contributed by atoms with Crippen LogP contribution in [0.3, 0.4) is 0 Å². The molecule has 0 aromatic heterocycles. The zero-order chi connectivity index (χ0) is 16.1. The molecular formula is C17H23NO3S. The summed E-state index contributed by atoms with van der Waals surface area (Å²) in [6, 6.07) is 6.04. The number of thioether (sulfide) groups is 1. The molecule has 4 nitrogen and oxygen atoms in total. The van der Waals surface area contributed by atoms with Crippen molar-refractivity contribution in [2.24, 2.45) is 0 Å². The lowest BCUT2D eigenvalue weighted by Gasteiger charge is -2.15. The number of ketones is 1. The molecule has 1 aromatic rings. The summed E-state index contributed by atoms with van der Waals surface area (Å²) in [5.74, 6) is 0.275. The minimum atomic E-state index is -1.15. The quantitative estimate of drug-likeness (QED) is 0.595. The molecular weight excluding hydrogens is 298 g/mol. The van der Waals surface area contributed by atoms with E-state index in [4.69, 9.17) is 4.74 Å². The smallest absolute Gasteiger partial charge is 0.187 e. The van der Waals surface area contributed by atoms with E-state index >= 15 is 0 Å². The second-order valence-corrected chi connectivity index (χ2v) is 6.44. The summed E-state index contributed by atoms with van der Waals surface area (Å²) in [4.78, 5) is 12.0. The van der Waals surface area contributed by atoms with Crippen molar-refractivity contribution >= 4 is 23.2 Å². The highest BCUT2D eigenvalue weighted by Crippen LogP contribution is 2.32. The Morgan fingerprint density at radius 2 is 2.14 bits per heavy atom. The maximum atomic E-state index is 12.0. The summed E-state index contributed by atoms with van der Waals surface area (Å²) in [5, 5.41) is 14.1. The van der Waals surface area contributed by atoms with Crippen LogP contribution < -0.4 is 5.32 Å². The fourth-order valence-corrected chi connectivity index (χ4v) is 3.14.